The lowest BCUT2D eigenvalue weighted by molar-refractivity contribution is 0.340. The highest BCUT2D eigenvalue weighted by Gasteiger charge is 2.29. The predicted octanol–water partition coefficient (Wildman–Crippen LogP) is 0.172. The van der Waals surface area contributed by atoms with Gasteiger partial charge in [0.2, 0.25) is 0 Å². The summed E-state index contributed by atoms with van der Waals surface area (Å²) in [6.45, 7) is 1.84. The molecule has 1 aliphatic heterocycles. The quantitative estimate of drug-likeness (QED) is 0.810. The molecule has 1 aliphatic rings. The Kier molecular flexibility index (Phi) is 3.80. The van der Waals surface area contributed by atoms with E-state index in [0.29, 0.717) is 0 Å². The molecule has 0 bridgehead atoms. The number of nitrogens with zero attached hydrogens (tertiary/aromatic N) is 2. The van der Waals surface area contributed by atoms with Crippen molar-refractivity contribution in [2.24, 2.45) is 0 Å². The smallest absolute Gasteiger partial charge is 0.260 e. The molecule has 0 aromatic carbocycles. The molecular formula is C10H18N4O2S. The Balaban J connectivity index is 2.15. The first-order valence-corrected chi connectivity index (χ1v) is 7.23. The third-order valence-electron chi connectivity index (χ3n) is 3.19. The average molecular weight is 258 g/mol. The minimum atomic E-state index is -3.42. The van der Waals surface area contributed by atoms with Crippen LogP contribution in [0.3, 0.4) is 0 Å². The van der Waals surface area contributed by atoms with Crippen LogP contribution in [-0.4, -0.2) is 48.9 Å². The number of hydrogen-bond donors (Lipinski definition) is 2. The van der Waals surface area contributed by atoms with Crippen molar-refractivity contribution in [3.63, 3.8) is 0 Å². The molecule has 96 valence electrons. The number of aromatic amines is 1. The first-order valence-electron chi connectivity index (χ1n) is 5.79. The van der Waals surface area contributed by atoms with Crippen LogP contribution < -0.4 is 5.32 Å². The molecule has 1 aromatic heterocycles. The van der Waals surface area contributed by atoms with E-state index in [1.165, 1.54) is 16.8 Å². The van der Waals surface area contributed by atoms with Crippen LogP contribution in [0.1, 0.15) is 19.3 Å². The molecule has 1 saturated heterocycles. The standard InChI is InChI=1S/C10H18N4O2S/c1-14(9-3-2-5-11-6-4-9)17(15,16)10-7-12-8-13-10/h7-9,11H,2-6H2,1H3,(H,12,13). The fourth-order valence-corrected chi connectivity index (χ4v) is 3.41. The van der Waals surface area contributed by atoms with E-state index >= 15 is 0 Å². The number of imidazole rings is 1. The van der Waals surface area contributed by atoms with Crippen LogP contribution in [0.2, 0.25) is 0 Å². The molecule has 2 N–H and O–H groups in total. The van der Waals surface area contributed by atoms with Crippen LogP contribution in [0.15, 0.2) is 17.6 Å². The van der Waals surface area contributed by atoms with Gasteiger partial charge < -0.3 is 10.3 Å². The van der Waals surface area contributed by atoms with Crippen LogP contribution in [0, 0.1) is 0 Å². The Morgan fingerprint density at radius 2 is 2.24 bits per heavy atom. The van der Waals surface area contributed by atoms with Crippen LogP contribution in [0.25, 0.3) is 0 Å². The third kappa shape index (κ3) is 2.67. The lowest BCUT2D eigenvalue weighted by Crippen LogP contribution is -2.37. The molecule has 1 atom stereocenters. The summed E-state index contributed by atoms with van der Waals surface area (Å²) in [5, 5.41) is 3.44. The van der Waals surface area contributed by atoms with E-state index < -0.39 is 10.0 Å². The van der Waals surface area contributed by atoms with Crippen molar-refractivity contribution in [3.8, 4) is 0 Å². The van der Waals surface area contributed by atoms with E-state index in [0.717, 1.165) is 32.4 Å². The maximum atomic E-state index is 12.2. The number of rotatable bonds is 3. The monoisotopic (exact) mass is 258 g/mol. The van der Waals surface area contributed by atoms with Gasteiger partial charge in [-0.25, -0.2) is 13.4 Å². The van der Waals surface area contributed by atoms with Crippen molar-refractivity contribution in [1.29, 1.82) is 0 Å². The van der Waals surface area contributed by atoms with Gasteiger partial charge in [0.05, 0.1) is 12.5 Å². The van der Waals surface area contributed by atoms with Gasteiger partial charge in [-0.05, 0) is 32.4 Å². The first-order chi connectivity index (χ1) is 8.12. The summed E-state index contributed by atoms with van der Waals surface area (Å²) >= 11 is 0. The van der Waals surface area contributed by atoms with Crippen molar-refractivity contribution in [2.45, 2.75) is 30.3 Å². The maximum Gasteiger partial charge on any atom is 0.260 e. The SMILES string of the molecule is CN(C1CCCNCC1)S(=O)(=O)c1cnc[nH]1. The molecule has 17 heavy (non-hydrogen) atoms. The third-order valence-corrected chi connectivity index (χ3v) is 5.03. The van der Waals surface area contributed by atoms with E-state index in [9.17, 15) is 8.42 Å². The number of nitrogens with one attached hydrogen (secondary N) is 2. The molecule has 0 amide bonds. The molecule has 0 aliphatic carbocycles. The molecule has 2 rings (SSSR count). The minimum absolute atomic E-state index is 0.0679. The number of H-pyrrole nitrogens is 1. The Labute approximate surface area is 101 Å². The second kappa shape index (κ2) is 5.16. The van der Waals surface area contributed by atoms with Crippen LogP contribution in [0.4, 0.5) is 0 Å². The zero-order chi connectivity index (χ0) is 12.3. The highest BCUT2D eigenvalue weighted by atomic mass is 32.2. The summed E-state index contributed by atoms with van der Waals surface area (Å²) in [5.74, 6) is 0. The molecule has 2 heterocycles. The molecule has 1 unspecified atom stereocenters. The number of sulfonamides is 1. The summed E-state index contributed by atoms with van der Waals surface area (Å²) in [4.78, 5) is 6.42. The zero-order valence-electron chi connectivity index (χ0n) is 9.89. The van der Waals surface area contributed by atoms with Crippen LogP contribution in [0.5, 0.6) is 0 Å². The highest BCUT2D eigenvalue weighted by molar-refractivity contribution is 7.89. The number of aromatic nitrogens is 2. The van der Waals surface area contributed by atoms with E-state index in [2.05, 4.69) is 15.3 Å². The Morgan fingerprint density at radius 3 is 2.94 bits per heavy atom. The van der Waals surface area contributed by atoms with Gasteiger partial charge >= 0.3 is 0 Å². The Hall–Kier alpha value is -0.920. The van der Waals surface area contributed by atoms with Gasteiger partial charge in [-0.2, -0.15) is 4.31 Å². The largest absolute Gasteiger partial charge is 0.335 e. The summed E-state index contributed by atoms with van der Waals surface area (Å²) in [6.07, 6.45) is 5.49. The highest BCUT2D eigenvalue weighted by Crippen LogP contribution is 2.19. The van der Waals surface area contributed by atoms with Crippen LogP contribution >= 0.6 is 0 Å². The maximum absolute atomic E-state index is 12.2. The van der Waals surface area contributed by atoms with Crippen molar-refractivity contribution < 1.29 is 8.42 Å². The molecule has 0 saturated carbocycles. The molecular weight excluding hydrogens is 240 g/mol. The van der Waals surface area contributed by atoms with Gasteiger partial charge in [0.1, 0.15) is 0 Å². The lowest BCUT2D eigenvalue weighted by Gasteiger charge is -2.25. The van der Waals surface area contributed by atoms with Gasteiger partial charge in [-0.15, -0.1) is 0 Å². The molecule has 0 spiro atoms. The Morgan fingerprint density at radius 1 is 1.41 bits per heavy atom. The van der Waals surface area contributed by atoms with Crippen molar-refractivity contribution in [3.05, 3.63) is 12.5 Å². The van der Waals surface area contributed by atoms with Crippen LogP contribution in [-0.2, 0) is 10.0 Å². The Bertz CT molecular complexity index is 435. The fraction of sp³-hybridized carbons (Fsp3) is 0.700. The van der Waals surface area contributed by atoms with Crippen molar-refractivity contribution >= 4 is 10.0 Å². The molecule has 7 heteroatoms. The van der Waals surface area contributed by atoms with Gasteiger partial charge in [0.25, 0.3) is 10.0 Å². The topological polar surface area (TPSA) is 78.1 Å². The lowest BCUT2D eigenvalue weighted by atomic mass is 10.1. The summed E-state index contributed by atoms with van der Waals surface area (Å²) < 4.78 is 25.9. The van der Waals surface area contributed by atoms with Gasteiger partial charge in [-0.1, -0.05) is 0 Å². The summed E-state index contributed by atoms with van der Waals surface area (Å²) in [7, 11) is -1.78. The average Bonchev–Trinajstić information content (AvgIpc) is 2.72. The fourth-order valence-electron chi connectivity index (χ4n) is 2.10. The van der Waals surface area contributed by atoms with Gasteiger partial charge in [0, 0.05) is 13.1 Å². The summed E-state index contributed by atoms with van der Waals surface area (Å²) in [5.41, 5.74) is 0. The molecule has 1 fully saturated rings. The van der Waals surface area contributed by atoms with E-state index in [4.69, 9.17) is 0 Å². The van der Waals surface area contributed by atoms with Gasteiger partial charge in [0.15, 0.2) is 5.03 Å². The zero-order valence-corrected chi connectivity index (χ0v) is 10.7. The molecule has 1 aromatic rings. The molecule has 6 nitrogen and oxygen atoms in total. The van der Waals surface area contributed by atoms with E-state index in [1.54, 1.807) is 7.05 Å². The predicted molar refractivity (Wildman–Crippen MR) is 64.0 cm³/mol. The minimum Gasteiger partial charge on any atom is -0.335 e. The van der Waals surface area contributed by atoms with Gasteiger partial charge in [-0.3, -0.25) is 0 Å². The van der Waals surface area contributed by atoms with Crippen molar-refractivity contribution in [2.75, 3.05) is 20.1 Å². The normalized spacial score (nSPS) is 22.6. The summed E-state index contributed by atoms with van der Waals surface area (Å²) in [6, 6.07) is 0.0679. The second-order valence-corrected chi connectivity index (χ2v) is 6.24. The van der Waals surface area contributed by atoms with E-state index in [1.807, 2.05) is 0 Å². The number of hydrogen-bond acceptors (Lipinski definition) is 4. The van der Waals surface area contributed by atoms with E-state index in [-0.39, 0.29) is 11.1 Å². The van der Waals surface area contributed by atoms with Crippen molar-refractivity contribution in [1.82, 2.24) is 19.6 Å². The first kappa shape index (κ1) is 12.5. The molecule has 0 radical (unpaired) electrons. The second-order valence-electron chi connectivity index (χ2n) is 4.27.